The van der Waals surface area contributed by atoms with E-state index < -0.39 is 0 Å². The van der Waals surface area contributed by atoms with E-state index >= 15 is 0 Å². The lowest BCUT2D eigenvalue weighted by atomic mass is 10.2. The van der Waals surface area contributed by atoms with Crippen LogP contribution in [0.25, 0.3) is 0 Å². The second-order valence-electron chi connectivity index (χ2n) is 3.85. The molecule has 0 bridgehead atoms. The van der Waals surface area contributed by atoms with E-state index in [0.717, 1.165) is 22.7 Å². The van der Waals surface area contributed by atoms with Gasteiger partial charge in [0.15, 0.2) is 0 Å². The smallest absolute Gasteiger partial charge is 0.227 e. The monoisotopic (exact) mass is 229 g/mol. The van der Waals surface area contributed by atoms with Crippen LogP contribution in [0.1, 0.15) is 11.3 Å². The highest BCUT2D eigenvalue weighted by molar-refractivity contribution is 5.63. The van der Waals surface area contributed by atoms with Crippen LogP contribution in [-0.4, -0.2) is 17.1 Å². The first-order chi connectivity index (χ1) is 8.19. The molecule has 2 rings (SSSR count). The minimum Gasteiger partial charge on any atom is -0.495 e. The molecule has 0 spiro atoms. The second-order valence-corrected chi connectivity index (χ2v) is 3.85. The molecule has 1 aromatic carbocycles. The number of methoxy groups -OCH3 is 1. The minimum absolute atomic E-state index is 0.576. The molecule has 0 unspecified atom stereocenters. The van der Waals surface area contributed by atoms with Gasteiger partial charge in [0.2, 0.25) is 5.95 Å². The maximum atomic E-state index is 5.31. The molecular weight excluding hydrogens is 214 g/mol. The molecule has 0 saturated heterocycles. The molecule has 88 valence electrons. The molecule has 0 aliphatic heterocycles. The SMILES string of the molecule is COc1cc(C)ccc1Nc1nccc(C)n1. The number of benzene rings is 1. The number of nitrogens with zero attached hydrogens (tertiary/aromatic N) is 2. The number of nitrogens with one attached hydrogen (secondary N) is 1. The van der Waals surface area contributed by atoms with Crippen LogP contribution in [0.15, 0.2) is 30.5 Å². The van der Waals surface area contributed by atoms with Gasteiger partial charge in [-0.1, -0.05) is 6.07 Å². The predicted octanol–water partition coefficient (Wildman–Crippen LogP) is 2.85. The molecule has 0 amide bonds. The van der Waals surface area contributed by atoms with Crippen LogP contribution >= 0.6 is 0 Å². The molecule has 1 heterocycles. The minimum atomic E-state index is 0.576. The van der Waals surface area contributed by atoms with E-state index in [2.05, 4.69) is 15.3 Å². The summed E-state index contributed by atoms with van der Waals surface area (Å²) in [5.41, 5.74) is 2.94. The van der Waals surface area contributed by atoms with Gasteiger partial charge < -0.3 is 10.1 Å². The van der Waals surface area contributed by atoms with E-state index in [-0.39, 0.29) is 0 Å². The average molecular weight is 229 g/mol. The highest BCUT2D eigenvalue weighted by Crippen LogP contribution is 2.27. The molecule has 0 fully saturated rings. The topological polar surface area (TPSA) is 47.0 Å². The van der Waals surface area contributed by atoms with Crippen molar-refractivity contribution >= 4 is 11.6 Å². The Hall–Kier alpha value is -2.10. The summed E-state index contributed by atoms with van der Waals surface area (Å²) in [6.07, 6.45) is 1.73. The molecule has 0 atom stereocenters. The molecule has 0 saturated carbocycles. The fraction of sp³-hybridized carbons (Fsp3) is 0.231. The fourth-order valence-corrected chi connectivity index (χ4v) is 1.53. The van der Waals surface area contributed by atoms with Crippen LogP contribution in [0.2, 0.25) is 0 Å². The molecule has 1 N–H and O–H groups in total. The third kappa shape index (κ3) is 2.72. The zero-order valence-electron chi connectivity index (χ0n) is 10.2. The predicted molar refractivity (Wildman–Crippen MR) is 67.8 cm³/mol. The Kier molecular flexibility index (Phi) is 3.23. The summed E-state index contributed by atoms with van der Waals surface area (Å²) in [6, 6.07) is 7.80. The Morgan fingerprint density at radius 2 is 2.00 bits per heavy atom. The Balaban J connectivity index is 2.29. The summed E-state index contributed by atoms with van der Waals surface area (Å²) in [7, 11) is 1.65. The lowest BCUT2D eigenvalue weighted by Gasteiger charge is -2.10. The zero-order chi connectivity index (χ0) is 12.3. The standard InChI is InChI=1S/C13H15N3O/c1-9-4-5-11(12(8-9)17-3)16-13-14-7-6-10(2)15-13/h4-8H,1-3H3,(H,14,15,16). The van der Waals surface area contributed by atoms with Gasteiger partial charge in [-0.2, -0.15) is 0 Å². The van der Waals surface area contributed by atoms with Crippen LogP contribution in [0.4, 0.5) is 11.6 Å². The van der Waals surface area contributed by atoms with Crippen molar-refractivity contribution < 1.29 is 4.74 Å². The first-order valence-corrected chi connectivity index (χ1v) is 5.40. The number of rotatable bonds is 3. The van der Waals surface area contributed by atoms with Gasteiger partial charge in [-0.3, -0.25) is 0 Å². The van der Waals surface area contributed by atoms with Gasteiger partial charge in [0, 0.05) is 11.9 Å². The summed E-state index contributed by atoms with van der Waals surface area (Å²) < 4.78 is 5.31. The summed E-state index contributed by atoms with van der Waals surface area (Å²) in [6.45, 7) is 3.95. The van der Waals surface area contributed by atoms with E-state index in [0.29, 0.717) is 5.95 Å². The van der Waals surface area contributed by atoms with Crippen molar-refractivity contribution in [3.8, 4) is 5.75 Å². The van der Waals surface area contributed by atoms with Gasteiger partial charge in [0.25, 0.3) is 0 Å². The zero-order valence-corrected chi connectivity index (χ0v) is 10.2. The van der Waals surface area contributed by atoms with Crippen LogP contribution < -0.4 is 10.1 Å². The van der Waals surface area contributed by atoms with Gasteiger partial charge >= 0.3 is 0 Å². The number of ether oxygens (including phenoxy) is 1. The average Bonchev–Trinajstić information content (AvgIpc) is 2.31. The van der Waals surface area contributed by atoms with Crippen LogP contribution in [0, 0.1) is 13.8 Å². The van der Waals surface area contributed by atoms with Crippen LogP contribution in [-0.2, 0) is 0 Å². The van der Waals surface area contributed by atoms with Gasteiger partial charge in [-0.25, -0.2) is 9.97 Å². The molecule has 1 aromatic heterocycles. The highest BCUT2D eigenvalue weighted by atomic mass is 16.5. The fourth-order valence-electron chi connectivity index (χ4n) is 1.53. The lowest BCUT2D eigenvalue weighted by Crippen LogP contribution is -1.99. The van der Waals surface area contributed by atoms with Crippen molar-refractivity contribution in [1.29, 1.82) is 0 Å². The first-order valence-electron chi connectivity index (χ1n) is 5.40. The Labute approximate surface area is 101 Å². The summed E-state index contributed by atoms with van der Waals surface area (Å²) in [5, 5.41) is 3.14. The maximum Gasteiger partial charge on any atom is 0.227 e. The van der Waals surface area contributed by atoms with Crippen molar-refractivity contribution in [3.05, 3.63) is 41.7 Å². The third-order valence-electron chi connectivity index (χ3n) is 2.40. The molecule has 2 aromatic rings. The summed E-state index contributed by atoms with van der Waals surface area (Å²) in [5.74, 6) is 1.36. The maximum absolute atomic E-state index is 5.31. The Morgan fingerprint density at radius 3 is 2.71 bits per heavy atom. The Bertz CT molecular complexity index is 526. The van der Waals surface area contributed by atoms with Crippen molar-refractivity contribution in [2.75, 3.05) is 12.4 Å². The number of hydrogen-bond donors (Lipinski definition) is 1. The molecule has 17 heavy (non-hydrogen) atoms. The highest BCUT2D eigenvalue weighted by Gasteiger charge is 2.04. The van der Waals surface area contributed by atoms with Crippen molar-refractivity contribution in [3.63, 3.8) is 0 Å². The Morgan fingerprint density at radius 1 is 1.18 bits per heavy atom. The van der Waals surface area contributed by atoms with E-state index in [1.54, 1.807) is 13.3 Å². The third-order valence-corrected chi connectivity index (χ3v) is 2.40. The van der Waals surface area contributed by atoms with E-state index in [9.17, 15) is 0 Å². The van der Waals surface area contributed by atoms with Crippen LogP contribution in [0.3, 0.4) is 0 Å². The second kappa shape index (κ2) is 4.82. The van der Waals surface area contributed by atoms with Crippen molar-refractivity contribution in [2.45, 2.75) is 13.8 Å². The van der Waals surface area contributed by atoms with E-state index in [4.69, 9.17) is 4.74 Å². The number of anilines is 2. The quantitative estimate of drug-likeness (QED) is 0.879. The molecular formula is C13H15N3O. The van der Waals surface area contributed by atoms with Crippen molar-refractivity contribution in [2.24, 2.45) is 0 Å². The van der Waals surface area contributed by atoms with E-state index in [1.807, 2.05) is 38.1 Å². The van der Waals surface area contributed by atoms with E-state index in [1.165, 1.54) is 0 Å². The molecule has 0 aliphatic rings. The first kappa shape index (κ1) is 11.4. The summed E-state index contributed by atoms with van der Waals surface area (Å²) in [4.78, 5) is 8.44. The molecule has 0 aliphatic carbocycles. The van der Waals surface area contributed by atoms with Gasteiger partial charge in [0.05, 0.1) is 12.8 Å². The van der Waals surface area contributed by atoms with Crippen molar-refractivity contribution in [1.82, 2.24) is 9.97 Å². The largest absolute Gasteiger partial charge is 0.495 e. The molecule has 4 heteroatoms. The lowest BCUT2D eigenvalue weighted by molar-refractivity contribution is 0.416. The normalized spacial score (nSPS) is 10.1. The molecule has 0 radical (unpaired) electrons. The van der Waals surface area contributed by atoms with Crippen LogP contribution in [0.5, 0.6) is 5.75 Å². The van der Waals surface area contributed by atoms with Gasteiger partial charge in [0.1, 0.15) is 5.75 Å². The molecule has 4 nitrogen and oxygen atoms in total. The van der Waals surface area contributed by atoms with Gasteiger partial charge in [-0.05, 0) is 37.6 Å². The number of aryl methyl sites for hydroxylation is 2. The number of aromatic nitrogens is 2. The number of hydrogen-bond acceptors (Lipinski definition) is 4. The van der Waals surface area contributed by atoms with Gasteiger partial charge in [-0.15, -0.1) is 0 Å². The summed E-state index contributed by atoms with van der Waals surface area (Å²) >= 11 is 0.